The van der Waals surface area contributed by atoms with E-state index in [4.69, 9.17) is 0 Å². The van der Waals surface area contributed by atoms with Crippen LogP contribution in [-0.2, 0) is 10.0 Å². The number of aliphatic hydroxyl groups is 1. The fourth-order valence-electron chi connectivity index (χ4n) is 3.65. The van der Waals surface area contributed by atoms with Gasteiger partial charge >= 0.3 is 6.03 Å². The Balaban J connectivity index is 1.78. The third kappa shape index (κ3) is 5.28. The number of sulfonamides is 1. The molecule has 1 fully saturated rings. The van der Waals surface area contributed by atoms with Crippen LogP contribution in [0.5, 0.6) is 0 Å². The first-order chi connectivity index (χ1) is 14.3. The summed E-state index contributed by atoms with van der Waals surface area (Å²) in [6.45, 7) is 1.57. The molecular formula is C21H26FN3O4S. The number of carbonyl (C=O) groups excluding carboxylic acids is 1. The predicted octanol–water partition coefficient (Wildman–Crippen LogP) is 3.61. The van der Waals surface area contributed by atoms with Crippen LogP contribution in [-0.4, -0.2) is 32.2 Å². The van der Waals surface area contributed by atoms with Crippen LogP contribution in [0.25, 0.3) is 0 Å². The minimum absolute atomic E-state index is 0.00588. The summed E-state index contributed by atoms with van der Waals surface area (Å²) < 4.78 is 42.1. The van der Waals surface area contributed by atoms with E-state index in [9.17, 15) is 22.7 Å². The van der Waals surface area contributed by atoms with Gasteiger partial charge in [0.15, 0.2) is 0 Å². The molecule has 0 spiro atoms. The third-order valence-electron chi connectivity index (χ3n) is 5.30. The molecule has 1 aliphatic carbocycles. The van der Waals surface area contributed by atoms with E-state index in [2.05, 4.69) is 15.4 Å². The van der Waals surface area contributed by atoms with Gasteiger partial charge in [-0.3, -0.25) is 4.72 Å². The van der Waals surface area contributed by atoms with Gasteiger partial charge in [-0.05, 0) is 49.6 Å². The normalized spacial score (nSPS) is 19.2. The van der Waals surface area contributed by atoms with Crippen LogP contribution in [0.4, 0.5) is 20.6 Å². The molecule has 2 unspecified atom stereocenters. The first kappa shape index (κ1) is 22.0. The molecule has 4 N–H and O–H groups in total. The SMILES string of the molecule is Cc1cc(F)c(S(=O)(=O)Nc2ccccc2)cc1NC(=O)NC1CCCCC1CO. The van der Waals surface area contributed by atoms with E-state index >= 15 is 0 Å². The molecule has 1 saturated carbocycles. The Morgan fingerprint density at radius 3 is 2.57 bits per heavy atom. The summed E-state index contributed by atoms with van der Waals surface area (Å²) in [7, 11) is -4.19. The van der Waals surface area contributed by atoms with Crippen molar-refractivity contribution in [2.24, 2.45) is 5.92 Å². The van der Waals surface area contributed by atoms with E-state index in [1.807, 2.05) is 0 Å². The number of carbonyl (C=O) groups is 1. The number of rotatable bonds is 6. The van der Waals surface area contributed by atoms with Gasteiger partial charge in [0.2, 0.25) is 0 Å². The second kappa shape index (κ2) is 9.44. The van der Waals surface area contributed by atoms with Gasteiger partial charge in [0, 0.05) is 29.9 Å². The monoisotopic (exact) mass is 435 g/mol. The maximum Gasteiger partial charge on any atom is 0.319 e. The lowest BCUT2D eigenvalue weighted by Gasteiger charge is -2.30. The number of amides is 2. The highest BCUT2D eigenvalue weighted by Gasteiger charge is 2.26. The van der Waals surface area contributed by atoms with Crippen molar-refractivity contribution in [3.8, 4) is 0 Å². The molecule has 7 nitrogen and oxygen atoms in total. The molecule has 162 valence electrons. The highest BCUT2D eigenvalue weighted by atomic mass is 32.2. The van der Waals surface area contributed by atoms with E-state index in [0.717, 1.165) is 37.8 Å². The standard InChI is InChI=1S/C21H26FN3O4S/c1-14-11-17(22)20(30(28,29)25-16-8-3-2-4-9-16)12-19(14)24-21(27)23-18-10-6-5-7-15(18)13-26/h2-4,8-9,11-12,15,18,25-26H,5-7,10,13H2,1H3,(H2,23,24,27). The zero-order chi connectivity index (χ0) is 21.7. The predicted molar refractivity (Wildman–Crippen MR) is 113 cm³/mol. The Kier molecular flexibility index (Phi) is 6.94. The molecule has 2 amide bonds. The van der Waals surface area contributed by atoms with Crippen molar-refractivity contribution in [3.63, 3.8) is 0 Å². The van der Waals surface area contributed by atoms with Crippen molar-refractivity contribution in [1.82, 2.24) is 5.32 Å². The van der Waals surface area contributed by atoms with Crippen molar-refractivity contribution >= 4 is 27.4 Å². The van der Waals surface area contributed by atoms with Gasteiger partial charge < -0.3 is 15.7 Å². The smallest absolute Gasteiger partial charge is 0.319 e. The van der Waals surface area contributed by atoms with Crippen LogP contribution in [0.15, 0.2) is 47.4 Å². The average Bonchev–Trinajstić information content (AvgIpc) is 2.70. The maximum absolute atomic E-state index is 14.5. The molecule has 0 saturated heterocycles. The Hall–Kier alpha value is -2.65. The van der Waals surface area contributed by atoms with Gasteiger partial charge in [-0.1, -0.05) is 31.0 Å². The van der Waals surface area contributed by atoms with Gasteiger partial charge in [-0.25, -0.2) is 17.6 Å². The van der Waals surface area contributed by atoms with Crippen molar-refractivity contribution in [2.45, 2.75) is 43.5 Å². The van der Waals surface area contributed by atoms with E-state index in [1.165, 1.54) is 0 Å². The fraction of sp³-hybridized carbons (Fsp3) is 0.381. The molecule has 0 heterocycles. The molecule has 2 atom stereocenters. The second-order valence-corrected chi connectivity index (χ2v) is 9.15. The molecule has 1 aliphatic rings. The van der Waals surface area contributed by atoms with Crippen molar-refractivity contribution in [3.05, 3.63) is 53.8 Å². The van der Waals surface area contributed by atoms with Crippen LogP contribution in [0.2, 0.25) is 0 Å². The number of hydrogen-bond donors (Lipinski definition) is 4. The van der Waals surface area contributed by atoms with Crippen LogP contribution < -0.4 is 15.4 Å². The zero-order valence-corrected chi connectivity index (χ0v) is 17.5. The van der Waals surface area contributed by atoms with Gasteiger partial charge in [-0.2, -0.15) is 0 Å². The molecule has 30 heavy (non-hydrogen) atoms. The quantitative estimate of drug-likeness (QED) is 0.556. The lowest BCUT2D eigenvalue weighted by molar-refractivity contribution is 0.156. The molecule has 0 radical (unpaired) electrons. The van der Waals surface area contributed by atoms with Crippen LogP contribution in [0.1, 0.15) is 31.2 Å². The lowest BCUT2D eigenvalue weighted by atomic mass is 9.85. The average molecular weight is 436 g/mol. The number of hydrogen-bond acceptors (Lipinski definition) is 4. The summed E-state index contributed by atoms with van der Waals surface area (Å²) in [6.07, 6.45) is 3.58. The number of halogens is 1. The minimum atomic E-state index is -4.19. The molecule has 3 rings (SSSR count). The Labute approximate surface area is 175 Å². The summed E-state index contributed by atoms with van der Waals surface area (Å²) in [6, 6.07) is 9.67. The number of benzene rings is 2. The number of nitrogens with one attached hydrogen (secondary N) is 3. The van der Waals surface area contributed by atoms with Gasteiger partial charge in [0.1, 0.15) is 10.7 Å². The number of urea groups is 1. The van der Waals surface area contributed by atoms with E-state index in [0.29, 0.717) is 11.3 Å². The fourth-order valence-corrected chi connectivity index (χ4v) is 4.80. The summed E-state index contributed by atoms with van der Waals surface area (Å²) >= 11 is 0. The second-order valence-electron chi connectivity index (χ2n) is 7.50. The largest absolute Gasteiger partial charge is 0.396 e. The molecule has 9 heteroatoms. The van der Waals surface area contributed by atoms with Crippen molar-refractivity contribution < 1.29 is 22.7 Å². The Morgan fingerprint density at radius 2 is 1.87 bits per heavy atom. The van der Waals surface area contributed by atoms with Gasteiger partial charge in [-0.15, -0.1) is 0 Å². The van der Waals surface area contributed by atoms with E-state index in [-0.39, 0.29) is 24.3 Å². The van der Waals surface area contributed by atoms with Crippen LogP contribution in [0, 0.1) is 18.7 Å². The summed E-state index contributed by atoms with van der Waals surface area (Å²) in [5.41, 5.74) is 0.888. The summed E-state index contributed by atoms with van der Waals surface area (Å²) in [4.78, 5) is 11.9. The molecule has 2 aromatic rings. The summed E-state index contributed by atoms with van der Waals surface area (Å²) in [5.74, 6) is -0.917. The molecule has 0 aromatic heterocycles. The lowest BCUT2D eigenvalue weighted by Crippen LogP contribution is -2.45. The summed E-state index contributed by atoms with van der Waals surface area (Å²) in [5, 5.41) is 15.0. The van der Waals surface area contributed by atoms with E-state index < -0.39 is 26.8 Å². The number of aryl methyl sites for hydroxylation is 1. The molecule has 0 aliphatic heterocycles. The highest BCUT2D eigenvalue weighted by molar-refractivity contribution is 7.92. The Bertz CT molecular complexity index is 999. The molecule has 2 aromatic carbocycles. The minimum Gasteiger partial charge on any atom is -0.396 e. The topological polar surface area (TPSA) is 108 Å². The van der Waals surface area contributed by atoms with Crippen LogP contribution in [0.3, 0.4) is 0 Å². The van der Waals surface area contributed by atoms with Gasteiger partial charge in [0.05, 0.1) is 0 Å². The van der Waals surface area contributed by atoms with Crippen molar-refractivity contribution in [2.75, 3.05) is 16.6 Å². The van der Waals surface area contributed by atoms with E-state index in [1.54, 1.807) is 37.3 Å². The number of aliphatic hydroxyl groups excluding tert-OH is 1. The zero-order valence-electron chi connectivity index (χ0n) is 16.7. The molecule has 0 bridgehead atoms. The first-order valence-electron chi connectivity index (χ1n) is 9.86. The van der Waals surface area contributed by atoms with Crippen molar-refractivity contribution in [1.29, 1.82) is 0 Å². The Morgan fingerprint density at radius 1 is 1.17 bits per heavy atom. The maximum atomic E-state index is 14.5. The van der Waals surface area contributed by atoms with Crippen LogP contribution >= 0.6 is 0 Å². The van der Waals surface area contributed by atoms with Gasteiger partial charge in [0.25, 0.3) is 10.0 Å². The highest BCUT2D eigenvalue weighted by Crippen LogP contribution is 2.27. The molecular weight excluding hydrogens is 409 g/mol. The third-order valence-corrected chi connectivity index (χ3v) is 6.70. The number of anilines is 2. The first-order valence-corrected chi connectivity index (χ1v) is 11.3. The number of para-hydroxylation sites is 1.